The van der Waals surface area contributed by atoms with Crippen molar-refractivity contribution in [1.82, 2.24) is 5.32 Å². The molecule has 4 rings (SSSR count). The molecule has 1 aliphatic rings. The standard InChI is InChI=1S/C26H26Cl2N2O3S/c1-5-33-23-15-14-21(34(4,31)32)16-22(23)24-29-25(2,17-6-10-19(27)11-7-17)26(3,30-24)18-8-12-20(28)13-9-18/h6-16H,5H2,1-4H3,(H,29,30)/t25-,26-/m0/s1. The third-order valence-corrected chi connectivity index (χ3v) is 8.05. The summed E-state index contributed by atoms with van der Waals surface area (Å²) < 4.78 is 30.5. The van der Waals surface area contributed by atoms with Crippen molar-refractivity contribution in [2.75, 3.05) is 12.9 Å². The number of ether oxygens (including phenoxy) is 1. The highest BCUT2D eigenvalue weighted by Gasteiger charge is 2.52. The monoisotopic (exact) mass is 516 g/mol. The Bertz CT molecular complexity index is 1360. The Kier molecular flexibility index (Phi) is 6.44. The third-order valence-electron chi connectivity index (χ3n) is 6.44. The van der Waals surface area contributed by atoms with Crippen molar-refractivity contribution in [2.45, 2.75) is 36.7 Å². The van der Waals surface area contributed by atoms with Gasteiger partial charge in [0.15, 0.2) is 9.84 Å². The summed E-state index contributed by atoms with van der Waals surface area (Å²) >= 11 is 12.3. The van der Waals surface area contributed by atoms with Crippen LogP contribution >= 0.6 is 23.2 Å². The first-order valence-electron chi connectivity index (χ1n) is 10.9. The fraction of sp³-hybridized carbons (Fsp3) is 0.269. The van der Waals surface area contributed by atoms with Gasteiger partial charge in [-0.2, -0.15) is 0 Å². The van der Waals surface area contributed by atoms with E-state index in [0.717, 1.165) is 11.1 Å². The van der Waals surface area contributed by atoms with Crippen LogP contribution in [0.3, 0.4) is 0 Å². The smallest absolute Gasteiger partial charge is 0.175 e. The molecule has 1 aliphatic heterocycles. The lowest BCUT2D eigenvalue weighted by atomic mass is 9.72. The second-order valence-corrected chi connectivity index (χ2v) is 11.5. The van der Waals surface area contributed by atoms with Gasteiger partial charge in [-0.25, -0.2) is 8.42 Å². The summed E-state index contributed by atoms with van der Waals surface area (Å²) in [6, 6.07) is 20.1. The summed E-state index contributed by atoms with van der Waals surface area (Å²) in [6.45, 7) is 6.43. The van der Waals surface area contributed by atoms with Gasteiger partial charge in [-0.05, 0) is 74.4 Å². The number of hydrogen-bond acceptors (Lipinski definition) is 5. The zero-order valence-electron chi connectivity index (χ0n) is 19.4. The van der Waals surface area contributed by atoms with E-state index in [1.54, 1.807) is 18.2 Å². The maximum atomic E-state index is 12.3. The van der Waals surface area contributed by atoms with Crippen LogP contribution in [0.15, 0.2) is 76.6 Å². The molecular weight excluding hydrogens is 491 g/mol. The minimum atomic E-state index is -3.43. The van der Waals surface area contributed by atoms with Gasteiger partial charge < -0.3 is 10.1 Å². The molecule has 1 heterocycles. The zero-order valence-corrected chi connectivity index (χ0v) is 21.7. The summed E-state index contributed by atoms with van der Waals surface area (Å²) in [6.07, 6.45) is 1.19. The van der Waals surface area contributed by atoms with E-state index in [2.05, 4.69) is 12.2 Å². The highest BCUT2D eigenvalue weighted by molar-refractivity contribution is 7.90. The van der Waals surface area contributed by atoms with Crippen LogP contribution in [0.4, 0.5) is 0 Å². The molecule has 0 aromatic heterocycles. The minimum absolute atomic E-state index is 0.198. The molecule has 3 aromatic rings. The van der Waals surface area contributed by atoms with Gasteiger partial charge in [0.05, 0.1) is 22.6 Å². The van der Waals surface area contributed by atoms with Gasteiger partial charge in [0.1, 0.15) is 17.1 Å². The lowest BCUT2D eigenvalue weighted by molar-refractivity contribution is 0.268. The van der Waals surface area contributed by atoms with Crippen LogP contribution in [0.2, 0.25) is 10.0 Å². The Morgan fingerprint density at radius 2 is 1.47 bits per heavy atom. The molecule has 0 aliphatic carbocycles. The summed E-state index contributed by atoms with van der Waals surface area (Å²) in [5, 5.41) is 4.87. The summed E-state index contributed by atoms with van der Waals surface area (Å²) in [4.78, 5) is 5.36. The Morgan fingerprint density at radius 1 is 0.912 bits per heavy atom. The third kappa shape index (κ3) is 4.30. The van der Waals surface area contributed by atoms with E-state index in [-0.39, 0.29) is 4.90 Å². The van der Waals surface area contributed by atoms with Crippen LogP contribution in [0.1, 0.15) is 37.5 Å². The number of nitrogens with one attached hydrogen (secondary N) is 1. The molecule has 0 fully saturated rings. The van der Waals surface area contributed by atoms with E-state index >= 15 is 0 Å². The first kappa shape index (κ1) is 24.6. The van der Waals surface area contributed by atoms with Crippen LogP contribution in [0.5, 0.6) is 5.75 Å². The molecule has 0 unspecified atom stereocenters. The lowest BCUT2D eigenvalue weighted by Gasteiger charge is -2.40. The number of aliphatic imine (C=N–C) groups is 1. The van der Waals surface area contributed by atoms with Crippen molar-refractivity contribution in [1.29, 1.82) is 0 Å². The maximum absolute atomic E-state index is 12.3. The molecule has 0 bridgehead atoms. The number of rotatable bonds is 6. The number of hydrogen-bond donors (Lipinski definition) is 1. The Hall–Kier alpha value is -2.54. The SMILES string of the molecule is CCOc1ccc(S(C)(=O)=O)cc1C1=N[C@@](C)(c2ccc(Cl)cc2)[C@](C)(c2ccc(Cl)cc2)N1. The average Bonchev–Trinajstić information content (AvgIpc) is 3.07. The van der Waals surface area contributed by atoms with Crippen LogP contribution < -0.4 is 10.1 Å². The van der Waals surface area contributed by atoms with Gasteiger partial charge in [-0.15, -0.1) is 0 Å². The van der Waals surface area contributed by atoms with Crippen molar-refractivity contribution in [3.8, 4) is 5.75 Å². The van der Waals surface area contributed by atoms with E-state index in [1.807, 2.05) is 62.4 Å². The lowest BCUT2D eigenvalue weighted by Crippen LogP contribution is -2.50. The highest BCUT2D eigenvalue weighted by atomic mass is 35.5. The first-order chi connectivity index (χ1) is 16.0. The molecule has 34 heavy (non-hydrogen) atoms. The van der Waals surface area contributed by atoms with Crippen molar-refractivity contribution >= 4 is 38.9 Å². The van der Waals surface area contributed by atoms with Gasteiger partial charge in [-0.1, -0.05) is 47.5 Å². The second-order valence-electron chi connectivity index (χ2n) is 8.66. The molecule has 0 spiro atoms. The van der Waals surface area contributed by atoms with Crippen molar-refractivity contribution in [3.05, 3.63) is 93.5 Å². The van der Waals surface area contributed by atoms with E-state index in [0.29, 0.717) is 33.8 Å². The number of sulfone groups is 1. The molecule has 3 aromatic carbocycles. The maximum Gasteiger partial charge on any atom is 0.175 e. The van der Waals surface area contributed by atoms with E-state index in [1.165, 1.54) is 6.26 Å². The van der Waals surface area contributed by atoms with Gasteiger partial charge >= 0.3 is 0 Å². The zero-order chi connectivity index (χ0) is 24.7. The molecule has 0 saturated carbocycles. The van der Waals surface area contributed by atoms with Crippen molar-refractivity contribution in [2.24, 2.45) is 4.99 Å². The minimum Gasteiger partial charge on any atom is -0.493 e. The average molecular weight is 517 g/mol. The number of halogens is 2. The molecule has 0 amide bonds. The predicted octanol–water partition coefficient (Wildman–Crippen LogP) is 5.98. The van der Waals surface area contributed by atoms with Gasteiger partial charge in [-0.3, -0.25) is 4.99 Å². The number of benzene rings is 3. The molecular formula is C26H26Cl2N2O3S. The first-order valence-corrected chi connectivity index (χ1v) is 13.5. The molecule has 5 nitrogen and oxygen atoms in total. The van der Waals surface area contributed by atoms with Gasteiger partial charge in [0.2, 0.25) is 0 Å². The highest BCUT2D eigenvalue weighted by Crippen LogP contribution is 2.48. The number of nitrogens with zero attached hydrogens (tertiary/aromatic N) is 1. The van der Waals surface area contributed by atoms with E-state index in [4.69, 9.17) is 32.9 Å². The Labute approximate surface area is 210 Å². The van der Waals surface area contributed by atoms with Crippen LogP contribution in [-0.2, 0) is 20.9 Å². The molecule has 0 saturated heterocycles. The molecule has 1 N–H and O–H groups in total. The topological polar surface area (TPSA) is 67.8 Å². The van der Waals surface area contributed by atoms with Crippen molar-refractivity contribution < 1.29 is 13.2 Å². The largest absolute Gasteiger partial charge is 0.493 e. The molecule has 178 valence electrons. The summed E-state index contributed by atoms with van der Waals surface area (Å²) in [5.74, 6) is 1.10. The normalized spacial score (nSPS) is 22.2. The van der Waals surface area contributed by atoms with Crippen molar-refractivity contribution in [3.63, 3.8) is 0 Å². The fourth-order valence-corrected chi connectivity index (χ4v) is 5.22. The van der Waals surface area contributed by atoms with E-state index < -0.39 is 20.9 Å². The quantitative estimate of drug-likeness (QED) is 0.437. The van der Waals surface area contributed by atoms with Gasteiger partial charge in [0.25, 0.3) is 0 Å². The van der Waals surface area contributed by atoms with Gasteiger partial charge in [0, 0.05) is 16.3 Å². The van der Waals surface area contributed by atoms with Crippen LogP contribution in [-0.4, -0.2) is 27.1 Å². The summed E-state index contributed by atoms with van der Waals surface area (Å²) in [5.41, 5.74) is 1.07. The molecule has 0 radical (unpaired) electrons. The second kappa shape index (κ2) is 8.91. The predicted molar refractivity (Wildman–Crippen MR) is 138 cm³/mol. The fourth-order valence-electron chi connectivity index (χ4n) is 4.32. The number of amidine groups is 1. The van der Waals surface area contributed by atoms with Crippen LogP contribution in [0, 0.1) is 0 Å². The molecule has 2 atom stereocenters. The Morgan fingerprint density at radius 3 is 2.00 bits per heavy atom. The van der Waals surface area contributed by atoms with E-state index in [9.17, 15) is 8.42 Å². The van der Waals surface area contributed by atoms with Crippen LogP contribution in [0.25, 0.3) is 0 Å². The summed E-state index contributed by atoms with van der Waals surface area (Å²) in [7, 11) is -3.43. The Balaban J connectivity index is 1.95. The molecule has 8 heteroatoms.